The fourth-order valence-corrected chi connectivity index (χ4v) is 4.17. The summed E-state index contributed by atoms with van der Waals surface area (Å²) in [5, 5.41) is 11.4. The van der Waals surface area contributed by atoms with Crippen LogP contribution in [0, 0.1) is 5.41 Å². The van der Waals surface area contributed by atoms with Crippen LogP contribution in [-0.4, -0.2) is 78.2 Å². The van der Waals surface area contributed by atoms with Gasteiger partial charge in [-0.05, 0) is 45.7 Å². The molecule has 2 aliphatic rings. The van der Waals surface area contributed by atoms with Gasteiger partial charge in [0.25, 0.3) is 0 Å². The van der Waals surface area contributed by atoms with Crippen LogP contribution in [0.4, 0.5) is 10.5 Å². The number of allylic oxidation sites excluding steroid dienone is 1. The molecule has 2 aliphatic heterocycles. The third-order valence-electron chi connectivity index (χ3n) is 5.98. The molecule has 2 fully saturated rings. The van der Waals surface area contributed by atoms with Gasteiger partial charge in [-0.2, -0.15) is 0 Å². The van der Waals surface area contributed by atoms with Crippen molar-refractivity contribution in [1.82, 2.24) is 20.2 Å². The summed E-state index contributed by atoms with van der Waals surface area (Å²) in [7, 11) is 0. The van der Waals surface area contributed by atoms with E-state index in [4.69, 9.17) is 19.9 Å². The number of ether oxygens (including phenoxy) is 2. The van der Waals surface area contributed by atoms with Gasteiger partial charge in [-0.15, -0.1) is 0 Å². The minimum absolute atomic E-state index is 0.214. The Bertz CT molecular complexity index is 1050. The van der Waals surface area contributed by atoms with Gasteiger partial charge >= 0.3 is 6.09 Å². The Hall–Kier alpha value is -3.20. The van der Waals surface area contributed by atoms with Gasteiger partial charge in [0.2, 0.25) is 0 Å². The highest BCUT2D eigenvalue weighted by Gasteiger charge is 2.26. The van der Waals surface area contributed by atoms with E-state index in [9.17, 15) is 4.79 Å². The van der Waals surface area contributed by atoms with Crippen molar-refractivity contribution >= 4 is 34.6 Å². The van der Waals surface area contributed by atoms with Gasteiger partial charge in [-0.25, -0.2) is 9.78 Å². The van der Waals surface area contributed by atoms with Crippen LogP contribution < -0.4 is 10.2 Å². The van der Waals surface area contributed by atoms with E-state index < -0.39 is 5.60 Å². The van der Waals surface area contributed by atoms with Crippen LogP contribution in [0.15, 0.2) is 30.6 Å². The molecule has 9 heteroatoms. The van der Waals surface area contributed by atoms with Crippen LogP contribution in [0.5, 0.6) is 0 Å². The number of hydrogen-bond donors (Lipinski definition) is 2. The third-order valence-corrected chi connectivity index (χ3v) is 5.98. The van der Waals surface area contributed by atoms with E-state index in [2.05, 4.69) is 21.3 Å². The van der Waals surface area contributed by atoms with Crippen LogP contribution in [0.25, 0.3) is 16.6 Å². The van der Waals surface area contributed by atoms with Crippen molar-refractivity contribution in [3.8, 4) is 0 Å². The molecule has 0 saturated carbocycles. The lowest BCUT2D eigenvalue weighted by Crippen LogP contribution is -2.45. The molecule has 1 amide bonds. The van der Waals surface area contributed by atoms with E-state index in [-0.39, 0.29) is 12.1 Å². The summed E-state index contributed by atoms with van der Waals surface area (Å²) >= 11 is 0. The summed E-state index contributed by atoms with van der Waals surface area (Å²) in [4.78, 5) is 25.8. The van der Waals surface area contributed by atoms with Crippen LogP contribution in [0.3, 0.4) is 0 Å². The highest BCUT2D eigenvalue weighted by molar-refractivity contribution is 6.07. The second-order valence-electron chi connectivity index (χ2n) is 9.65. The average molecular weight is 467 g/mol. The normalized spacial score (nSPS) is 18.1. The first-order valence-electron chi connectivity index (χ1n) is 11.9. The van der Waals surface area contributed by atoms with Crippen molar-refractivity contribution in [3.05, 3.63) is 36.3 Å². The smallest absolute Gasteiger partial charge is 0.410 e. The second-order valence-corrected chi connectivity index (χ2v) is 9.65. The maximum Gasteiger partial charge on any atom is 0.410 e. The zero-order valence-electron chi connectivity index (χ0n) is 20.2. The minimum Gasteiger partial charge on any atom is -0.444 e. The lowest BCUT2D eigenvalue weighted by Gasteiger charge is -2.33. The largest absolute Gasteiger partial charge is 0.444 e. The molecule has 3 heterocycles. The monoisotopic (exact) mass is 466 g/mol. The molecule has 9 nitrogen and oxygen atoms in total. The zero-order valence-corrected chi connectivity index (χ0v) is 20.2. The molecule has 0 radical (unpaired) electrons. The van der Waals surface area contributed by atoms with Gasteiger partial charge in [0.15, 0.2) is 0 Å². The Kier molecular flexibility index (Phi) is 7.31. The van der Waals surface area contributed by atoms with Gasteiger partial charge in [0.1, 0.15) is 11.1 Å². The fourth-order valence-electron chi connectivity index (χ4n) is 4.17. The van der Waals surface area contributed by atoms with E-state index in [0.717, 1.165) is 42.7 Å². The first-order chi connectivity index (χ1) is 16.3. The SMILES string of the molecule is CC(C)(C)OC(=O)N1CCC(N/C=C(\C=N)c2cnc3cccc(N4CCOCC4)c3n2)CC1. The maximum atomic E-state index is 12.3. The minimum atomic E-state index is -0.490. The Morgan fingerprint density at radius 2 is 1.94 bits per heavy atom. The molecule has 1 aromatic carbocycles. The summed E-state index contributed by atoms with van der Waals surface area (Å²) in [5.41, 5.74) is 3.54. The summed E-state index contributed by atoms with van der Waals surface area (Å²) in [6, 6.07) is 6.24. The number of likely N-dealkylation sites (tertiary alicyclic amines) is 1. The number of carbonyl (C=O) groups is 1. The number of nitrogens with zero attached hydrogens (tertiary/aromatic N) is 4. The summed E-state index contributed by atoms with van der Waals surface area (Å²) in [6.45, 7) is 9.95. The predicted molar refractivity (Wildman–Crippen MR) is 133 cm³/mol. The number of morpholine rings is 1. The lowest BCUT2D eigenvalue weighted by molar-refractivity contribution is 0.0201. The molecule has 0 atom stereocenters. The number of anilines is 1. The molecule has 182 valence electrons. The molecular weight excluding hydrogens is 432 g/mol. The molecule has 0 aliphatic carbocycles. The topological polar surface area (TPSA) is 104 Å². The van der Waals surface area contributed by atoms with E-state index in [1.807, 2.05) is 39.1 Å². The van der Waals surface area contributed by atoms with Gasteiger partial charge in [0, 0.05) is 50.2 Å². The van der Waals surface area contributed by atoms with Gasteiger partial charge in [-0.1, -0.05) is 6.07 Å². The van der Waals surface area contributed by atoms with Gasteiger partial charge < -0.3 is 30.0 Å². The first-order valence-corrected chi connectivity index (χ1v) is 11.9. The number of para-hydroxylation sites is 1. The van der Waals surface area contributed by atoms with Crippen LogP contribution >= 0.6 is 0 Å². The van der Waals surface area contributed by atoms with E-state index in [1.54, 1.807) is 11.1 Å². The number of aromatic nitrogens is 2. The molecule has 0 bridgehead atoms. The predicted octanol–water partition coefficient (Wildman–Crippen LogP) is 3.45. The summed E-state index contributed by atoms with van der Waals surface area (Å²) in [6.07, 6.45) is 6.22. The number of rotatable bonds is 5. The molecule has 4 rings (SSSR count). The molecule has 2 aromatic rings. The lowest BCUT2D eigenvalue weighted by atomic mass is 10.1. The number of carbonyl (C=O) groups excluding carboxylic acids is 1. The summed E-state index contributed by atoms with van der Waals surface area (Å²) in [5.74, 6) is 0. The molecule has 2 saturated heterocycles. The molecule has 0 unspecified atom stereocenters. The number of fused-ring (bicyclic) bond motifs is 1. The Balaban J connectivity index is 1.44. The number of piperidine rings is 1. The third kappa shape index (κ3) is 5.83. The fraction of sp³-hybridized carbons (Fsp3) is 0.520. The zero-order chi connectivity index (χ0) is 24.1. The van der Waals surface area contributed by atoms with Crippen LogP contribution in [0.1, 0.15) is 39.3 Å². The van der Waals surface area contributed by atoms with Crippen molar-refractivity contribution in [2.45, 2.75) is 45.3 Å². The first kappa shape index (κ1) is 23.9. The Labute approximate surface area is 200 Å². The second kappa shape index (κ2) is 10.4. The van der Waals surface area contributed by atoms with Crippen molar-refractivity contribution in [1.29, 1.82) is 5.41 Å². The van der Waals surface area contributed by atoms with Crippen LogP contribution in [-0.2, 0) is 9.47 Å². The number of nitrogens with one attached hydrogen (secondary N) is 2. The highest BCUT2D eigenvalue weighted by atomic mass is 16.6. The van der Waals surface area contributed by atoms with Gasteiger partial charge in [-0.3, -0.25) is 4.98 Å². The summed E-state index contributed by atoms with van der Waals surface area (Å²) < 4.78 is 11.0. The molecule has 2 N–H and O–H groups in total. The molecule has 1 aromatic heterocycles. The molecule has 0 spiro atoms. The molecular formula is C25H34N6O3. The van der Waals surface area contributed by atoms with Gasteiger partial charge in [0.05, 0.1) is 36.3 Å². The van der Waals surface area contributed by atoms with Crippen molar-refractivity contribution in [2.75, 3.05) is 44.3 Å². The number of amides is 1. The highest BCUT2D eigenvalue weighted by Crippen LogP contribution is 2.26. The Morgan fingerprint density at radius 1 is 1.21 bits per heavy atom. The van der Waals surface area contributed by atoms with Crippen molar-refractivity contribution in [3.63, 3.8) is 0 Å². The molecule has 34 heavy (non-hydrogen) atoms. The van der Waals surface area contributed by atoms with Crippen molar-refractivity contribution < 1.29 is 14.3 Å². The van der Waals surface area contributed by atoms with E-state index in [0.29, 0.717) is 37.6 Å². The standard InChI is InChI=1S/C25H34N6O3/c1-25(2,3)34-24(32)31-9-7-19(8-10-31)27-16-18(15-26)21-17-28-20-5-4-6-22(23(20)29-21)30-11-13-33-14-12-30/h4-6,15-17,19,26-27H,7-14H2,1-3H3/b18-16+,26-15?. The quantitative estimate of drug-likeness (QED) is 0.651. The maximum absolute atomic E-state index is 12.3. The van der Waals surface area contributed by atoms with E-state index in [1.165, 1.54) is 6.21 Å². The number of hydrogen-bond acceptors (Lipinski definition) is 8. The van der Waals surface area contributed by atoms with E-state index >= 15 is 0 Å². The van der Waals surface area contributed by atoms with Crippen molar-refractivity contribution in [2.24, 2.45) is 0 Å². The van der Waals surface area contributed by atoms with Crippen LogP contribution in [0.2, 0.25) is 0 Å². The Morgan fingerprint density at radius 3 is 2.62 bits per heavy atom. The average Bonchev–Trinajstić information content (AvgIpc) is 2.84. The number of benzene rings is 1.